The Kier molecular flexibility index (Phi) is 4.65. The van der Waals surface area contributed by atoms with Crippen LogP contribution < -0.4 is 5.43 Å². The van der Waals surface area contributed by atoms with E-state index in [2.05, 4.69) is 26.5 Å². The topological polar surface area (TPSA) is 44.6 Å². The Bertz CT molecular complexity index is 602. The summed E-state index contributed by atoms with van der Waals surface area (Å²) in [6.07, 6.45) is 1.40. The predicted molar refractivity (Wildman–Crippen MR) is 77.7 cm³/mol. The highest BCUT2D eigenvalue weighted by molar-refractivity contribution is 9.10. The normalized spacial score (nSPS) is 10.9. The molecule has 0 aromatic heterocycles. The van der Waals surface area contributed by atoms with Crippen molar-refractivity contribution in [2.45, 2.75) is 6.61 Å². The van der Waals surface area contributed by atoms with Crippen molar-refractivity contribution in [3.8, 4) is 0 Å². The standard InChI is InChI=1S/C14H12BrFN2O/c15-12-5-6-13(16)11(7-12)8-17-18-14-4-2-1-3-10(14)9-19/h1-8,18-19H,9H2/b17-8+. The number of hydrazone groups is 1. The number of benzene rings is 2. The first-order valence-electron chi connectivity index (χ1n) is 5.63. The van der Waals surface area contributed by atoms with Gasteiger partial charge in [-0.2, -0.15) is 5.10 Å². The van der Waals surface area contributed by atoms with E-state index in [0.29, 0.717) is 11.3 Å². The van der Waals surface area contributed by atoms with Gasteiger partial charge < -0.3 is 5.11 Å². The first-order valence-corrected chi connectivity index (χ1v) is 6.43. The molecule has 2 aromatic carbocycles. The molecule has 3 nitrogen and oxygen atoms in total. The third-order valence-corrected chi connectivity index (χ3v) is 3.03. The molecule has 0 spiro atoms. The number of aliphatic hydroxyl groups is 1. The summed E-state index contributed by atoms with van der Waals surface area (Å²) in [5, 5.41) is 13.1. The van der Waals surface area contributed by atoms with E-state index in [1.165, 1.54) is 12.3 Å². The van der Waals surface area contributed by atoms with E-state index in [1.807, 2.05) is 12.1 Å². The van der Waals surface area contributed by atoms with Crippen molar-refractivity contribution in [3.63, 3.8) is 0 Å². The average Bonchev–Trinajstić information content (AvgIpc) is 2.43. The van der Waals surface area contributed by atoms with Crippen LogP contribution in [0, 0.1) is 5.82 Å². The van der Waals surface area contributed by atoms with Gasteiger partial charge in [-0.15, -0.1) is 0 Å². The number of para-hydroxylation sites is 1. The summed E-state index contributed by atoms with van der Waals surface area (Å²) in [7, 11) is 0. The molecular formula is C14H12BrFN2O. The molecule has 19 heavy (non-hydrogen) atoms. The van der Waals surface area contributed by atoms with Crippen LogP contribution in [-0.4, -0.2) is 11.3 Å². The largest absolute Gasteiger partial charge is 0.392 e. The summed E-state index contributed by atoms with van der Waals surface area (Å²) < 4.78 is 14.2. The van der Waals surface area contributed by atoms with E-state index in [1.54, 1.807) is 24.3 Å². The van der Waals surface area contributed by atoms with Gasteiger partial charge in [0.1, 0.15) is 5.82 Å². The minimum absolute atomic E-state index is 0.0794. The third-order valence-electron chi connectivity index (χ3n) is 2.53. The van der Waals surface area contributed by atoms with Crippen molar-refractivity contribution in [2.75, 3.05) is 5.43 Å². The molecule has 0 fully saturated rings. The van der Waals surface area contributed by atoms with Crippen molar-refractivity contribution in [1.82, 2.24) is 0 Å². The molecule has 0 atom stereocenters. The summed E-state index contributed by atoms with van der Waals surface area (Å²) in [5.74, 6) is -0.343. The van der Waals surface area contributed by atoms with Gasteiger partial charge in [0, 0.05) is 15.6 Å². The molecule has 2 rings (SSSR count). The molecule has 0 amide bonds. The number of aliphatic hydroxyl groups excluding tert-OH is 1. The Morgan fingerprint density at radius 1 is 1.26 bits per heavy atom. The second-order valence-electron chi connectivity index (χ2n) is 3.85. The van der Waals surface area contributed by atoms with Crippen molar-refractivity contribution in [1.29, 1.82) is 0 Å². The zero-order chi connectivity index (χ0) is 13.7. The average molecular weight is 323 g/mol. The van der Waals surface area contributed by atoms with E-state index in [-0.39, 0.29) is 12.4 Å². The van der Waals surface area contributed by atoms with Crippen LogP contribution in [0.15, 0.2) is 52.0 Å². The third kappa shape index (κ3) is 3.62. The molecule has 2 aromatic rings. The molecule has 98 valence electrons. The van der Waals surface area contributed by atoms with Crippen LogP contribution in [0.4, 0.5) is 10.1 Å². The number of rotatable bonds is 4. The van der Waals surface area contributed by atoms with Crippen LogP contribution in [0.3, 0.4) is 0 Å². The highest BCUT2D eigenvalue weighted by atomic mass is 79.9. The maximum atomic E-state index is 13.5. The number of hydrogen-bond donors (Lipinski definition) is 2. The van der Waals surface area contributed by atoms with Crippen LogP contribution in [0.5, 0.6) is 0 Å². The van der Waals surface area contributed by atoms with Gasteiger partial charge in [0.25, 0.3) is 0 Å². The molecule has 0 heterocycles. The Hall–Kier alpha value is -1.72. The number of nitrogens with zero attached hydrogens (tertiary/aromatic N) is 1. The summed E-state index contributed by atoms with van der Waals surface area (Å²) in [6.45, 7) is -0.0794. The highest BCUT2D eigenvalue weighted by Crippen LogP contribution is 2.16. The molecule has 5 heteroatoms. The second kappa shape index (κ2) is 6.45. The lowest BCUT2D eigenvalue weighted by Crippen LogP contribution is -1.96. The minimum Gasteiger partial charge on any atom is -0.392 e. The van der Waals surface area contributed by atoms with Crippen LogP contribution in [0.2, 0.25) is 0 Å². The summed E-state index contributed by atoms with van der Waals surface area (Å²) in [5.41, 5.74) is 4.59. The molecule has 0 saturated carbocycles. The van der Waals surface area contributed by atoms with E-state index in [0.717, 1.165) is 10.0 Å². The lowest BCUT2D eigenvalue weighted by molar-refractivity contribution is 0.282. The van der Waals surface area contributed by atoms with Crippen LogP contribution in [-0.2, 0) is 6.61 Å². The second-order valence-corrected chi connectivity index (χ2v) is 4.77. The van der Waals surface area contributed by atoms with E-state index >= 15 is 0 Å². The van der Waals surface area contributed by atoms with E-state index < -0.39 is 0 Å². The number of anilines is 1. The lowest BCUT2D eigenvalue weighted by atomic mass is 10.2. The molecule has 0 radical (unpaired) electrons. The fourth-order valence-corrected chi connectivity index (χ4v) is 1.93. The molecule has 0 unspecified atom stereocenters. The summed E-state index contributed by atoms with van der Waals surface area (Å²) in [6, 6.07) is 11.9. The first kappa shape index (κ1) is 13.7. The fraction of sp³-hybridized carbons (Fsp3) is 0.0714. The molecule has 0 bridgehead atoms. The van der Waals surface area contributed by atoms with Gasteiger partial charge in [-0.05, 0) is 24.3 Å². The monoisotopic (exact) mass is 322 g/mol. The SMILES string of the molecule is OCc1ccccc1N/N=C/c1cc(Br)ccc1F. The lowest BCUT2D eigenvalue weighted by Gasteiger charge is -2.05. The van der Waals surface area contributed by atoms with Crippen molar-refractivity contribution in [3.05, 3.63) is 63.9 Å². The van der Waals surface area contributed by atoms with Gasteiger partial charge in [0.15, 0.2) is 0 Å². The maximum absolute atomic E-state index is 13.5. The van der Waals surface area contributed by atoms with Crippen molar-refractivity contribution >= 4 is 27.8 Å². The Labute approximate surface area is 118 Å². The molecule has 0 aliphatic heterocycles. The van der Waals surface area contributed by atoms with E-state index in [9.17, 15) is 4.39 Å². The Morgan fingerprint density at radius 2 is 2.05 bits per heavy atom. The molecule has 0 saturated heterocycles. The van der Waals surface area contributed by atoms with Crippen molar-refractivity contribution in [2.24, 2.45) is 5.10 Å². The van der Waals surface area contributed by atoms with Crippen LogP contribution >= 0.6 is 15.9 Å². The molecular weight excluding hydrogens is 311 g/mol. The zero-order valence-electron chi connectivity index (χ0n) is 9.98. The molecule has 0 aliphatic carbocycles. The number of nitrogens with one attached hydrogen (secondary N) is 1. The predicted octanol–water partition coefficient (Wildman–Crippen LogP) is 3.53. The highest BCUT2D eigenvalue weighted by Gasteiger charge is 2.00. The van der Waals surface area contributed by atoms with Gasteiger partial charge in [0.2, 0.25) is 0 Å². The Balaban J connectivity index is 2.13. The minimum atomic E-state index is -0.343. The number of halogens is 2. The van der Waals surface area contributed by atoms with E-state index in [4.69, 9.17) is 5.11 Å². The summed E-state index contributed by atoms with van der Waals surface area (Å²) >= 11 is 3.27. The quantitative estimate of drug-likeness (QED) is 0.668. The first-order chi connectivity index (χ1) is 9.20. The van der Waals surface area contributed by atoms with Crippen molar-refractivity contribution < 1.29 is 9.50 Å². The van der Waals surface area contributed by atoms with Gasteiger partial charge in [-0.1, -0.05) is 34.1 Å². The summed E-state index contributed by atoms with van der Waals surface area (Å²) in [4.78, 5) is 0. The molecule has 2 N–H and O–H groups in total. The van der Waals surface area contributed by atoms with Crippen LogP contribution in [0.25, 0.3) is 0 Å². The fourth-order valence-electron chi connectivity index (χ4n) is 1.55. The van der Waals surface area contributed by atoms with Gasteiger partial charge in [-0.25, -0.2) is 4.39 Å². The Morgan fingerprint density at radius 3 is 2.84 bits per heavy atom. The van der Waals surface area contributed by atoms with Gasteiger partial charge >= 0.3 is 0 Å². The zero-order valence-corrected chi connectivity index (χ0v) is 11.6. The van der Waals surface area contributed by atoms with Gasteiger partial charge in [0.05, 0.1) is 18.5 Å². The molecule has 0 aliphatic rings. The maximum Gasteiger partial charge on any atom is 0.132 e. The van der Waals surface area contributed by atoms with Gasteiger partial charge in [-0.3, -0.25) is 5.43 Å². The number of hydrogen-bond acceptors (Lipinski definition) is 3. The van der Waals surface area contributed by atoms with Crippen LogP contribution in [0.1, 0.15) is 11.1 Å². The smallest absolute Gasteiger partial charge is 0.132 e.